The molecule has 0 bridgehead atoms. The molecule has 3 N–H and O–H groups in total. The molecular formula is C15H30O4. The fraction of sp³-hybridized carbons (Fsp3) is 0.733. The Hall–Kier alpha value is -0.680. The molecular weight excluding hydrogens is 244 g/mol. The number of allylic oxidation sites excluding steroid dienone is 2. The van der Waals surface area contributed by atoms with Crippen LogP contribution in [0.25, 0.3) is 0 Å². The van der Waals surface area contributed by atoms with Gasteiger partial charge in [-0.25, -0.2) is 0 Å². The van der Waals surface area contributed by atoms with Gasteiger partial charge in [0.05, 0.1) is 25.4 Å². The van der Waals surface area contributed by atoms with Gasteiger partial charge in [0.25, 0.3) is 0 Å². The Kier molecular flexibility index (Phi) is 13.4. The van der Waals surface area contributed by atoms with Crippen molar-refractivity contribution in [3.8, 4) is 0 Å². The van der Waals surface area contributed by atoms with Crippen LogP contribution in [-0.2, 0) is 4.74 Å². The Morgan fingerprint density at radius 2 is 1.21 bits per heavy atom. The van der Waals surface area contributed by atoms with Gasteiger partial charge in [0, 0.05) is 0 Å². The van der Waals surface area contributed by atoms with Gasteiger partial charge in [-0.1, -0.05) is 23.3 Å². The zero-order chi connectivity index (χ0) is 15.4. The van der Waals surface area contributed by atoms with Crippen molar-refractivity contribution in [2.24, 2.45) is 0 Å². The van der Waals surface area contributed by atoms with E-state index in [0.29, 0.717) is 0 Å². The van der Waals surface area contributed by atoms with Gasteiger partial charge < -0.3 is 20.1 Å². The second-order valence-corrected chi connectivity index (χ2v) is 5.05. The molecule has 4 nitrogen and oxygen atoms in total. The summed E-state index contributed by atoms with van der Waals surface area (Å²) in [7, 11) is 0. The fourth-order valence-electron chi connectivity index (χ4n) is 1.41. The molecule has 0 fully saturated rings. The molecule has 114 valence electrons. The lowest BCUT2D eigenvalue weighted by Gasteiger charge is -2.14. The molecule has 0 amide bonds. The minimum Gasteiger partial charge on any atom is -0.394 e. The summed E-state index contributed by atoms with van der Waals surface area (Å²) in [6, 6.07) is 0. The molecule has 0 aliphatic carbocycles. The highest BCUT2D eigenvalue weighted by atomic mass is 16.5. The van der Waals surface area contributed by atoms with Crippen LogP contribution in [0.4, 0.5) is 0 Å². The summed E-state index contributed by atoms with van der Waals surface area (Å²) >= 11 is 0. The normalized spacial score (nSPS) is 13.2. The Labute approximate surface area is 117 Å². The van der Waals surface area contributed by atoms with E-state index in [0.717, 1.165) is 0 Å². The second kappa shape index (κ2) is 12.4. The van der Waals surface area contributed by atoms with E-state index in [9.17, 15) is 0 Å². The lowest BCUT2D eigenvalue weighted by Crippen LogP contribution is -2.15. The highest BCUT2D eigenvalue weighted by molar-refractivity contribution is 5.00. The molecule has 0 aliphatic heterocycles. The van der Waals surface area contributed by atoms with E-state index in [1.807, 2.05) is 0 Å². The number of hydrogen-bond donors (Lipinski definition) is 3. The lowest BCUT2D eigenvalue weighted by atomic mass is 10.2. The van der Waals surface area contributed by atoms with Crippen LogP contribution in [-0.4, -0.2) is 46.8 Å². The van der Waals surface area contributed by atoms with Gasteiger partial charge in [-0.2, -0.15) is 0 Å². The second-order valence-electron chi connectivity index (χ2n) is 5.05. The molecule has 2 atom stereocenters. The van der Waals surface area contributed by atoms with E-state index >= 15 is 0 Å². The minimum atomic E-state index is -0.954. The van der Waals surface area contributed by atoms with Gasteiger partial charge in [-0.15, -0.1) is 0 Å². The Morgan fingerprint density at radius 3 is 1.37 bits per heavy atom. The predicted molar refractivity (Wildman–Crippen MR) is 79.0 cm³/mol. The van der Waals surface area contributed by atoms with Crippen LogP contribution in [0.2, 0.25) is 0 Å². The van der Waals surface area contributed by atoms with Crippen LogP contribution >= 0.6 is 0 Å². The Morgan fingerprint density at radius 1 is 0.895 bits per heavy atom. The summed E-state index contributed by atoms with van der Waals surface area (Å²) in [6.07, 6.45) is 3.72. The van der Waals surface area contributed by atoms with Crippen molar-refractivity contribution >= 4 is 0 Å². The minimum absolute atomic E-state index is 0.204. The van der Waals surface area contributed by atoms with Crippen molar-refractivity contribution < 1.29 is 20.1 Å². The summed E-state index contributed by atoms with van der Waals surface area (Å²) in [6.45, 7) is 11.8. The standard InChI is InChI=1S/C12H22O.C3H8O3/c1-9(2)7-11(5)13-12(6)8-10(3)4;4-1-3(6)2-5/h7-8,11-12H,1-6H3;3-6H,1-2H2. The summed E-state index contributed by atoms with van der Waals surface area (Å²) in [5.74, 6) is 0. The first-order chi connectivity index (χ1) is 8.72. The number of aliphatic hydroxyl groups excluding tert-OH is 3. The Balaban J connectivity index is 0. The summed E-state index contributed by atoms with van der Waals surface area (Å²) in [4.78, 5) is 0. The van der Waals surface area contributed by atoms with Crippen molar-refractivity contribution in [3.05, 3.63) is 23.3 Å². The van der Waals surface area contributed by atoms with Crippen LogP contribution < -0.4 is 0 Å². The molecule has 0 aromatic rings. The van der Waals surface area contributed by atoms with Crippen molar-refractivity contribution in [1.82, 2.24) is 0 Å². The van der Waals surface area contributed by atoms with Gasteiger partial charge in [0.2, 0.25) is 0 Å². The van der Waals surface area contributed by atoms with Gasteiger partial charge >= 0.3 is 0 Å². The lowest BCUT2D eigenvalue weighted by molar-refractivity contribution is 0.0450. The molecule has 0 saturated carbocycles. The zero-order valence-corrected chi connectivity index (χ0v) is 13.1. The van der Waals surface area contributed by atoms with E-state index in [1.165, 1.54) is 11.1 Å². The smallest absolute Gasteiger partial charge is 0.100 e. The number of ether oxygens (including phenoxy) is 1. The van der Waals surface area contributed by atoms with E-state index in [-0.39, 0.29) is 25.4 Å². The third kappa shape index (κ3) is 17.3. The third-order valence-corrected chi connectivity index (χ3v) is 1.99. The van der Waals surface area contributed by atoms with Crippen molar-refractivity contribution in [2.45, 2.75) is 59.9 Å². The molecule has 0 aromatic carbocycles. The predicted octanol–water partition coefficient (Wildman–Crippen LogP) is 2.04. The molecule has 0 aromatic heterocycles. The SMILES string of the molecule is CC(C)=CC(C)OC(C)C=C(C)C.OCC(O)CO. The molecule has 0 spiro atoms. The van der Waals surface area contributed by atoms with E-state index < -0.39 is 6.10 Å². The van der Waals surface area contributed by atoms with E-state index in [1.54, 1.807) is 0 Å². The molecule has 2 unspecified atom stereocenters. The van der Waals surface area contributed by atoms with E-state index in [4.69, 9.17) is 20.1 Å². The van der Waals surface area contributed by atoms with Crippen LogP contribution in [0.3, 0.4) is 0 Å². The van der Waals surface area contributed by atoms with E-state index in [2.05, 4.69) is 53.7 Å². The van der Waals surface area contributed by atoms with Gasteiger partial charge in [-0.3, -0.25) is 0 Å². The first kappa shape index (κ1) is 20.6. The van der Waals surface area contributed by atoms with Crippen molar-refractivity contribution in [1.29, 1.82) is 0 Å². The first-order valence-electron chi connectivity index (χ1n) is 6.58. The van der Waals surface area contributed by atoms with Gasteiger partial charge in [0.1, 0.15) is 6.10 Å². The van der Waals surface area contributed by atoms with Crippen LogP contribution in [0.1, 0.15) is 41.5 Å². The molecule has 19 heavy (non-hydrogen) atoms. The monoisotopic (exact) mass is 274 g/mol. The van der Waals surface area contributed by atoms with Crippen LogP contribution in [0.15, 0.2) is 23.3 Å². The molecule has 0 aliphatic rings. The molecule has 4 heteroatoms. The average Bonchev–Trinajstić information content (AvgIpc) is 2.26. The topological polar surface area (TPSA) is 69.9 Å². The van der Waals surface area contributed by atoms with Crippen molar-refractivity contribution in [3.63, 3.8) is 0 Å². The summed E-state index contributed by atoms with van der Waals surface area (Å²) < 4.78 is 5.72. The first-order valence-corrected chi connectivity index (χ1v) is 6.58. The number of rotatable bonds is 6. The number of aliphatic hydroxyl groups is 3. The zero-order valence-electron chi connectivity index (χ0n) is 13.1. The average molecular weight is 274 g/mol. The largest absolute Gasteiger partial charge is 0.394 e. The van der Waals surface area contributed by atoms with Crippen LogP contribution in [0.5, 0.6) is 0 Å². The highest BCUT2D eigenvalue weighted by Crippen LogP contribution is 2.05. The van der Waals surface area contributed by atoms with Crippen LogP contribution in [0, 0.1) is 0 Å². The maximum atomic E-state index is 8.17. The third-order valence-electron chi connectivity index (χ3n) is 1.99. The summed E-state index contributed by atoms with van der Waals surface area (Å²) in [5, 5.41) is 24.0. The van der Waals surface area contributed by atoms with Crippen molar-refractivity contribution in [2.75, 3.05) is 13.2 Å². The number of hydrogen-bond acceptors (Lipinski definition) is 4. The Bertz CT molecular complexity index is 237. The molecule has 0 saturated heterocycles. The molecule has 0 heterocycles. The maximum absolute atomic E-state index is 8.17. The molecule has 0 radical (unpaired) electrons. The molecule has 0 rings (SSSR count). The highest BCUT2D eigenvalue weighted by Gasteiger charge is 2.02. The van der Waals surface area contributed by atoms with Gasteiger partial charge in [-0.05, 0) is 41.5 Å². The van der Waals surface area contributed by atoms with Gasteiger partial charge in [0.15, 0.2) is 0 Å². The quantitative estimate of drug-likeness (QED) is 0.648. The fourth-order valence-corrected chi connectivity index (χ4v) is 1.41. The maximum Gasteiger partial charge on any atom is 0.100 e. The summed E-state index contributed by atoms with van der Waals surface area (Å²) in [5.41, 5.74) is 2.61.